The first kappa shape index (κ1) is 24.4. The number of amides is 1. The molecule has 5 rings (SSSR count). The summed E-state index contributed by atoms with van der Waals surface area (Å²) in [6, 6.07) is 21.2. The zero-order chi connectivity index (χ0) is 24.9. The van der Waals surface area contributed by atoms with Gasteiger partial charge in [-0.25, -0.2) is 4.98 Å². The maximum atomic E-state index is 13.7. The first-order chi connectivity index (χ1) is 17.6. The van der Waals surface area contributed by atoms with E-state index in [1.54, 1.807) is 11.3 Å². The largest absolute Gasteiger partial charge is 0.457 e. The van der Waals surface area contributed by atoms with Gasteiger partial charge in [-0.3, -0.25) is 14.6 Å². The van der Waals surface area contributed by atoms with Gasteiger partial charge in [-0.05, 0) is 73.9 Å². The van der Waals surface area contributed by atoms with E-state index in [1.165, 1.54) is 5.56 Å². The minimum absolute atomic E-state index is 0.0448. The van der Waals surface area contributed by atoms with Crippen molar-refractivity contribution in [3.8, 4) is 11.5 Å². The molecule has 0 radical (unpaired) electrons. The van der Waals surface area contributed by atoms with Crippen LogP contribution in [0.2, 0.25) is 0 Å². The second-order valence-electron chi connectivity index (χ2n) is 9.05. The fourth-order valence-electron chi connectivity index (χ4n) is 4.34. The van der Waals surface area contributed by atoms with Gasteiger partial charge in [0.15, 0.2) is 5.13 Å². The molecule has 0 unspecified atom stereocenters. The van der Waals surface area contributed by atoms with Gasteiger partial charge in [-0.15, -0.1) is 0 Å². The van der Waals surface area contributed by atoms with Crippen molar-refractivity contribution in [3.63, 3.8) is 0 Å². The Hall–Kier alpha value is -3.26. The van der Waals surface area contributed by atoms with E-state index >= 15 is 0 Å². The van der Waals surface area contributed by atoms with Gasteiger partial charge in [-0.2, -0.15) is 0 Å². The number of benzene rings is 3. The van der Waals surface area contributed by atoms with E-state index in [1.807, 2.05) is 59.5 Å². The van der Waals surface area contributed by atoms with Gasteiger partial charge >= 0.3 is 0 Å². The third-order valence-corrected chi connectivity index (χ3v) is 7.63. The molecule has 0 N–H and O–H groups in total. The summed E-state index contributed by atoms with van der Waals surface area (Å²) in [6.45, 7) is 9.16. The fourth-order valence-corrected chi connectivity index (χ4v) is 5.39. The lowest BCUT2D eigenvalue weighted by Crippen LogP contribution is -2.39. The summed E-state index contributed by atoms with van der Waals surface area (Å²) in [5, 5.41) is 0.746. The summed E-state index contributed by atoms with van der Waals surface area (Å²) in [4.78, 5) is 22.9. The number of fused-ring (bicyclic) bond motifs is 1. The van der Waals surface area contributed by atoms with Crippen LogP contribution in [0.15, 0.2) is 66.7 Å². The monoisotopic (exact) mass is 501 g/mol. The van der Waals surface area contributed by atoms with E-state index in [2.05, 4.69) is 30.9 Å². The lowest BCUT2D eigenvalue weighted by atomic mass is 10.1. The Kier molecular flexibility index (Phi) is 7.60. The van der Waals surface area contributed by atoms with Crippen LogP contribution in [-0.4, -0.2) is 55.2 Å². The van der Waals surface area contributed by atoms with E-state index in [0.29, 0.717) is 17.9 Å². The summed E-state index contributed by atoms with van der Waals surface area (Å²) < 4.78 is 12.5. The molecule has 2 heterocycles. The minimum Gasteiger partial charge on any atom is -0.457 e. The Balaban J connectivity index is 1.37. The highest BCUT2D eigenvalue weighted by Crippen LogP contribution is 2.33. The number of hydrogen-bond acceptors (Lipinski definition) is 6. The minimum atomic E-state index is -0.0448. The third-order valence-electron chi connectivity index (χ3n) is 6.59. The van der Waals surface area contributed by atoms with Gasteiger partial charge in [0.05, 0.1) is 23.4 Å². The van der Waals surface area contributed by atoms with E-state index in [-0.39, 0.29) is 5.91 Å². The predicted octanol–water partition coefficient (Wildman–Crippen LogP) is 6.07. The van der Waals surface area contributed by atoms with Crippen molar-refractivity contribution in [2.75, 3.05) is 44.3 Å². The maximum absolute atomic E-state index is 13.7. The van der Waals surface area contributed by atoms with Gasteiger partial charge in [-0.1, -0.05) is 35.6 Å². The van der Waals surface area contributed by atoms with Crippen molar-refractivity contribution in [1.29, 1.82) is 0 Å². The smallest absolute Gasteiger partial charge is 0.260 e. The molecule has 1 saturated heterocycles. The van der Waals surface area contributed by atoms with Crippen molar-refractivity contribution >= 4 is 32.6 Å². The Labute approximate surface area is 216 Å². The van der Waals surface area contributed by atoms with Crippen LogP contribution >= 0.6 is 11.3 Å². The second-order valence-corrected chi connectivity index (χ2v) is 10.1. The Morgan fingerprint density at radius 1 is 1.00 bits per heavy atom. The van der Waals surface area contributed by atoms with Crippen molar-refractivity contribution in [2.45, 2.75) is 20.3 Å². The molecule has 1 aliphatic heterocycles. The lowest BCUT2D eigenvalue weighted by molar-refractivity contribution is 0.0376. The van der Waals surface area contributed by atoms with Gasteiger partial charge in [0.1, 0.15) is 11.5 Å². The van der Waals surface area contributed by atoms with Crippen molar-refractivity contribution in [3.05, 3.63) is 83.4 Å². The number of rotatable bonds is 8. The fraction of sp³-hybridized carbons (Fsp3) is 0.310. The molecule has 6 nitrogen and oxygen atoms in total. The molecule has 1 aliphatic rings. The molecule has 1 fully saturated rings. The number of ether oxygens (including phenoxy) is 2. The highest BCUT2D eigenvalue weighted by atomic mass is 32.1. The number of hydrogen-bond donors (Lipinski definition) is 0. The summed E-state index contributed by atoms with van der Waals surface area (Å²) in [5.41, 5.74) is 3.97. The van der Waals surface area contributed by atoms with Crippen LogP contribution in [0.25, 0.3) is 10.2 Å². The number of para-hydroxylation sites is 1. The molecular weight excluding hydrogens is 470 g/mol. The molecule has 0 saturated carbocycles. The third kappa shape index (κ3) is 5.59. The van der Waals surface area contributed by atoms with Crippen molar-refractivity contribution in [2.24, 2.45) is 0 Å². The number of thiazole rings is 1. The SMILES string of the molecule is Cc1ccc2sc(N(CCCN3CCOCC3)C(=O)c3ccc(Oc4ccccc4)cc3)nc2c1C. The van der Waals surface area contributed by atoms with Crippen LogP contribution in [0.5, 0.6) is 11.5 Å². The molecule has 1 amide bonds. The number of morpholine rings is 1. The summed E-state index contributed by atoms with van der Waals surface area (Å²) in [7, 11) is 0. The van der Waals surface area contributed by atoms with Gasteiger partial charge < -0.3 is 9.47 Å². The molecule has 0 atom stereocenters. The zero-order valence-electron chi connectivity index (χ0n) is 20.8. The van der Waals surface area contributed by atoms with Crippen LogP contribution in [-0.2, 0) is 4.74 Å². The normalized spacial score (nSPS) is 14.2. The molecule has 0 bridgehead atoms. The first-order valence-electron chi connectivity index (χ1n) is 12.4. The Morgan fingerprint density at radius 2 is 1.72 bits per heavy atom. The first-order valence-corrected chi connectivity index (χ1v) is 13.2. The highest BCUT2D eigenvalue weighted by Gasteiger charge is 2.22. The average molecular weight is 502 g/mol. The Morgan fingerprint density at radius 3 is 2.47 bits per heavy atom. The lowest BCUT2D eigenvalue weighted by Gasteiger charge is -2.27. The van der Waals surface area contributed by atoms with Crippen molar-refractivity contribution < 1.29 is 14.3 Å². The topological polar surface area (TPSA) is 54.9 Å². The summed E-state index contributed by atoms with van der Waals surface area (Å²) >= 11 is 1.58. The van der Waals surface area contributed by atoms with Crippen LogP contribution in [0, 0.1) is 13.8 Å². The molecule has 0 aliphatic carbocycles. The Bertz CT molecular complexity index is 1320. The molecule has 1 aromatic heterocycles. The highest BCUT2D eigenvalue weighted by molar-refractivity contribution is 7.22. The zero-order valence-corrected chi connectivity index (χ0v) is 21.6. The summed E-state index contributed by atoms with van der Waals surface area (Å²) in [5.74, 6) is 1.42. The van der Waals surface area contributed by atoms with Crippen LogP contribution in [0.1, 0.15) is 27.9 Å². The van der Waals surface area contributed by atoms with Gasteiger partial charge in [0.2, 0.25) is 0 Å². The molecule has 7 heteroatoms. The molecule has 0 spiro atoms. The maximum Gasteiger partial charge on any atom is 0.260 e. The van der Waals surface area contributed by atoms with E-state index in [0.717, 1.165) is 65.9 Å². The summed E-state index contributed by atoms with van der Waals surface area (Å²) in [6.07, 6.45) is 0.870. The molecule has 3 aromatic carbocycles. The quantitative estimate of drug-likeness (QED) is 0.293. The predicted molar refractivity (Wildman–Crippen MR) is 146 cm³/mol. The number of aromatic nitrogens is 1. The van der Waals surface area contributed by atoms with Crippen LogP contribution < -0.4 is 9.64 Å². The number of carbonyl (C=O) groups excluding carboxylic acids is 1. The second kappa shape index (κ2) is 11.2. The average Bonchev–Trinajstić information content (AvgIpc) is 3.35. The number of nitrogens with zero attached hydrogens (tertiary/aromatic N) is 3. The van der Waals surface area contributed by atoms with Gasteiger partial charge in [0, 0.05) is 31.7 Å². The molecule has 186 valence electrons. The van der Waals surface area contributed by atoms with E-state index in [9.17, 15) is 4.79 Å². The van der Waals surface area contributed by atoms with Crippen molar-refractivity contribution in [1.82, 2.24) is 9.88 Å². The van der Waals surface area contributed by atoms with Crippen LogP contribution in [0.4, 0.5) is 5.13 Å². The standard InChI is InChI=1S/C29H31N3O3S/c1-21-9-14-26-27(22(21)2)30-29(36-26)32(16-6-15-31-17-19-34-20-18-31)28(33)23-10-12-25(13-11-23)35-24-7-4-3-5-8-24/h3-5,7-14H,6,15-20H2,1-2H3. The number of carbonyl (C=O) groups is 1. The number of anilines is 1. The van der Waals surface area contributed by atoms with E-state index < -0.39 is 0 Å². The number of aryl methyl sites for hydroxylation is 2. The molecular formula is C29H31N3O3S. The molecule has 36 heavy (non-hydrogen) atoms. The van der Waals surface area contributed by atoms with Gasteiger partial charge in [0.25, 0.3) is 5.91 Å². The van der Waals surface area contributed by atoms with Crippen LogP contribution in [0.3, 0.4) is 0 Å². The molecule has 4 aromatic rings. The van der Waals surface area contributed by atoms with E-state index in [4.69, 9.17) is 14.5 Å².